The number of halogens is 2. The average Bonchev–Trinajstić information content (AvgIpc) is 3.07. The van der Waals surface area contributed by atoms with Gasteiger partial charge in [-0.15, -0.1) is 12.4 Å². The monoisotopic (exact) mass is 387 g/mol. The zero-order chi connectivity index (χ0) is 17.7. The maximum atomic E-state index is 13.0. The van der Waals surface area contributed by atoms with E-state index in [2.05, 4.69) is 17.6 Å². The molecule has 2 rings (SSSR count). The third kappa shape index (κ3) is 5.59. The molecule has 2 amide bonds. The minimum Gasteiger partial charge on any atom is -0.334 e. The van der Waals surface area contributed by atoms with Gasteiger partial charge in [-0.1, -0.05) is 32.4 Å². The second kappa shape index (κ2) is 10.00. The van der Waals surface area contributed by atoms with E-state index in [1.807, 2.05) is 18.7 Å². The molecular formula is C18H27Cl2N3O2. The molecule has 0 bridgehead atoms. The highest BCUT2D eigenvalue weighted by atomic mass is 35.5. The van der Waals surface area contributed by atoms with Crippen LogP contribution in [-0.2, 0) is 4.79 Å². The Morgan fingerprint density at radius 1 is 1.40 bits per heavy atom. The van der Waals surface area contributed by atoms with Crippen LogP contribution in [0.1, 0.15) is 44.0 Å². The Hall–Kier alpha value is -1.30. The van der Waals surface area contributed by atoms with E-state index >= 15 is 0 Å². The van der Waals surface area contributed by atoms with Crippen molar-refractivity contribution in [2.24, 2.45) is 5.92 Å². The lowest BCUT2D eigenvalue weighted by Gasteiger charge is -2.28. The van der Waals surface area contributed by atoms with Crippen LogP contribution < -0.4 is 10.6 Å². The number of nitrogens with one attached hydrogen (secondary N) is 2. The van der Waals surface area contributed by atoms with Crippen LogP contribution >= 0.6 is 24.0 Å². The number of carbonyl (C=O) groups excluding carboxylic acids is 2. The van der Waals surface area contributed by atoms with E-state index in [0.29, 0.717) is 22.8 Å². The summed E-state index contributed by atoms with van der Waals surface area (Å²) in [6, 6.07) is 5.26. The highest BCUT2D eigenvalue weighted by Gasteiger charge is 2.28. The molecule has 25 heavy (non-hydrogen) atoms. The number of carbonyl (C=O) groups is 2. The molecule has 2 N–H and O–H groups in total. The Labute approximate surface area is 160 Å². The molecule has 1 aliphatic rings. The van der Waals surface area contributed by atoms with Gasteiger partial charge in [0.15, 0.2) is 0 Å². The van der Waals surface area contributed by atoms with Crippen LogP contribution in [0.15, 0.2) is 18.2 Å². The molecule has 1 unspecified atom stereocenters. The van der Waals surface area contributed by atoms with Gasteiger partial charge in [0.05, 0.1) is 10.6 Å². The lowest BCUT2D eigenvalue weighted by Crippen LogP contribution is -2.42. The van der Waals surface area contributed by atoms with Gasteiger partial charge in [-0.05, 0) is 37.6 Å². The van der Waals surface area contributed by atoms with Crippen LogP contribution in [0.2, 0.25) is 5.02 Å². The van der Waals surface area contributed by atoms with Crippen LogP contribution in [0.5, 0.6) is 0 Å². The molecule has 5 nitrogen and oxygen atoms in total. The van der Waals surface area contributed by atoms with Crippen molar-refractivity contribution in [3.05, 3.63) is 28.8 Å². The molecular weight excluding hydrogens is 361 g/mol. The first kappa shape index (κ1) is 21.7. The number of nitrogens with zero attached hydrogens (tertiary/aromatic N) is 1. The third-order valence-electron chi connectivity index (χ3n) is 4.19. The lowest BCUT2D eigenvalue weighted by atomic mass is 10.1. The number of rotatable bonds is 6. The molecule has 140 valence electrons. The summed E-state index contributed by atoms with van der Waals surface area (Å²) in [5, 5.41) is 6.53. The van der Waals surface area contributed by atoms with Crippen LogP contribution in [0.25, 0.3) is 0 Å². The van der Waals surface area contributed by atoms with E-state index in [-0.39, 0.29) is 36.2 Å². The molecule has 0 saturated carbocycles. The molecule has 0 radical (unpaired) electrons. The number of anilines is 1. The van der Waals surface area contributed by atoms with Crippen molar-refractivity contribution in [3.8, 4) is 0 Å². The molecule has 0 spiro atoms. The van der Waals surface area contributed by atoms with Gasteiger partial charge in [-0.25, -0.2) is 0 Å². The zero-order valence-corrected chi connectivity index (χ0v) is 16.5. The van der Waals surface area contributed by atoms with E-state index < -0.39 is 0 Å². The average molecular weight is 388 g/mol. The molecule has 7 heteroatoms. The first-order chi connectivity index (χ1) is 11.4. The summed E-state index contributed by atoms with van der Waals surface area (Å²) in [4.78, 5) is 26.8. The lowest BCUT2D eigenvalue weighted by molar-refractivity contribution is -0.118. The maximum absolute atomic E-state index is 13.0. The third-order valence-corrected chi connectivity index (χ3v) is 4.52. The van der Waals surface area contributed by atoms with E-state index in [1.54, 1.807) is 18.2 Å². The second-order valence-electron chi connectivity index (χ2n) is 6.48. The minimum atomic E-state index is -0.124. The Morgan fingerprint density at radius 3 is 2.68 bits per heavy atom. The summed E-state index contributed by atoms with van der Waals surface area (Å²) in [6.45, 7) is 8.15. The quantitative estimate of drug-likeness (QED) is 0.783. The number of hydrogen-bond acceptors (Lipinski definition) is 3. The predicted octanol–water partition coefficient (Wildman–Crippen LogP) is 3.57. The number of hydrogen-bond donors (Lipinski definition) is 2. The van der Waals surface area contributed by atoms with E-state index in [4.69, 9.17) is 11.6 Å². The van der Waals surface area contributed by atoms with Crippen molar-refractivity contribution in [2.75, 3.05) is 25.0 Å². The zero-order valence-electron chi connectivity index (χ0n) is 15.0. The van der Waals surface area contributed by atoms with Crippen LogP contribution in [-0.4, -0.2) is 42.4 Å². The fraction of sp³-hybridized carbons (Fsp3) is 0.556. The van der Waals surface area contributed by atoms with Crippen molar-refractivity contribution in [2.45, 2.75) is 39.7 Å². The molecule has 1 aliphatic heterocycles. The van der Waals surface area contributed by atoms with Gasteiger partial charge in [0, 0.05) is 30.7 Å². The van der Waals surface area contributed by atoms with Gasteiger partial charge < -0.3 is 15.5 Å². The smallest absolute Gasteiger partial charge is 0.255 e. The van der Waals surface area contributed by atoms with Crippen molar-refractivity contribution in [1.82, 2.24) is 10.2 Å². The molecule has 1 saturated heterocycles. The summed E-state index contributed by atoms with van der Waals surface area (Å²) >= 11 is 6.27. The minimum absolute atomic E-state index is 0. The highest BCUT2D eigenvalue weighted by Crippen LogP contribution is 2.24. The normalized spacial score (nSPS) is 16.4. The van der Waals surface area contributed by atoms with Gasteiger partial charge in [0.25, 0.3) is 5.91 Å². The SMILES string of the molecule is CCCN(C(=O)c1cc(NC(=O)C(C)C)ccc1Cl)C1CCNC1.Cl. The van der Waals surface area contributed by atoms with Gasteiger partial charge in [-0.3, -0.25) is 9.59 Å². The summed E-state index contributed by atoms with van der Waals surface area (Å²) in [7, 11) is 0. The standard InChI is InChI=1S/C18H26ClN3O2.ClH/c1-4-9-22(14-7-8-20-11-14)18(24)15-10-13(5-6-16(15)19)21-17(23)12(2)3;/h5-6,10,12,14,20H,4,7-9,11H2,1-3H3,(H,21,23);1H. The molecule has 0 aromatic heterocycles. The summed E-state index contributed by atoms with van der Waals surface area (Å²) in [5.74, 6) is -0.279. The number of benzene rings is 1. The molecule has 1 fully saturated rings. The van der Waals surface area contributed by atoms with Crippen molar-refractivity contribution >= 4 is 41.5 Å². The first-order valence-electron chi connectivity index (χ1n) is 8.56. The van der Waals surface area contributed by atoms with Crippen molar-refractivity contribution in [1.29, 1.82) is 0 Å². The Morgan fingerprint density at radius 2 is 2.12 bits per heavy atom. The van der Waals surface area contributed by atoms with Crippen molar-refractivity contribution < 1.29 is 9.59 Å². The fourth-order valence-corrected chi connectivity index (χ4v) is 3.00. The molecule has 1 aromatic rings. The Bertz CT molecular complexity index is 602. The van der Waals surface area contributed by atoms with Gasteiger partial charge in [0.1, 0.15) is 0 Å². The predicted molar refractivity (Wildman–Crippen MR) is 105 cm³/mol. The summed E-state index contributed by atoms with van der Waals surface area (Å²) in [6.07, 6.45) is 1.84. The maximum Gasteiger partial charge on any atom is 0.255 e. The summed E-state index contributed by atoms with van der Waals surface area (Å²) < 4.78 is 0. The Kier molecular flexibility index (Phi) is 8.69. The summed E-state index contributed by atoms with van der Waals surface area (Å²) in [5.41, 5.74) is 1.04. The highest BCUT2D eigenvalue weighted by molar-refractivity contribution is 6.34. The fourth-order valence-electron chi connectivity index (χ4n) is 2.80. The topological polar surface area (TPSA) is 61.4 Å². The largest absolute Gasteiger partial charge is 0.334 e. The van der Waals surface area contributed by atoms with Crippen LogP contribution in [0.4, 0.5) is 5.69 Å². The molecule has 1 aromatic carbocycles. The second-order valence-corrected chi connectivity index (χ2v) is 6.89. The van der Waals surface area contributed by atoms with E-state index in [1.165, 1.54) is 0 Å². The first-order valence-corrected chi connectivity index (χ1v) is 8.94. The van der Waals surface area contributed by atoms with Crippen LogP contribution in [0, 0.1) is 5.92 Å². The van der Waals surface area contributed by atoms with Gasteiger partial charge in [-0.2, -0.15) is 0 Å². The van der Waals surface area contributed by atoms with Gasteiger partial charge >= 0.3 is 0 Å². The van der Waals surface area contributed by atoms with Gasteiger partial charge in [0.2, 0.25) is 5.91 Å². The van der Waals surface area contributed by atoms with E-state index in [9.17, 15) is 9.59 Å². The van der Waals surface area contributed by atoms with Crippen molar-refractivity contribution in [3.63, 3.8) is 0 Å². The molecule has 1 atom stereocenters. The molecule has 0 aliphatic carbocycles. The Balaban J connectivity index is 0.00000312. The van der Waals surface area contributed by atoms with E-state index in [0.717, 1.165) is 25.9 Å². The number of amides is 2. The molecule has 1 heterocycles. The van der Waals surface area contributed by atoms with Crippen LogP contribution in [0.3, 0.4) is 0 Å².